The van der Waals surface area contributed by atoms with Crippen molar-refractivity contribution in [1.29, 1.82) is 0 Å². The number of fused-ring (bicyclic) bond motifs is 3. The predicted octanol–water partition coefficient (Wildman–Crippen LogP) is 4.23. The lowest BCUT2D eigenvalue weighted by Crippen LogP contribution is -2.45. The number of hydrogen-bond donors (Lipinski definition) is 1. The Morgan fingerprint density at radius 3 is 2.57 bits per heavy atom. The van der Waals surface area contributed by atoms with E-state index in [9.17, 15) is 9.59 Å². The highest BCUT2D eigenvalue weighted by molar-refractivity contribution is 7.08. The number of carbonyl (C=O) groups is 2. The van der Waals surface area contributed by atoms with Gasteiger partial charge in [0.25, 0.3) is 0 Å². The van der Waals surface area contributed by atoms with E-state index in [4.69, 9.17) is 4.98 Å². The highest BCUT2D eigenvalue weighted by atomic mass is 32.1. The van der Waals surface area contributed by atoms with Gasteiger partial charge in [0.15, 0.2) is 0 Å². The van der Waals surface area contributed by atoms with Crippen molar-refractivity contribution in [1.82, 2.24) is 24.7 Å². The predicted molar refractivity (Wildman–Crippen MR) is 138 cm³/mol. The Balaban J connectivity index is 1.26. The fraction of sp³-hybridized carbons (Fsp3) is 0.667. The third-order valence-corrected chi connectivity index (χ3v) is 8.96. The number of amides is 2. The topological polar surface area (TPSA) is 70.5 Å². The summed E-state index contributed by atoms with van der Waals surface area (Å²) >= 11 is 1.69. The molecular weight excluding hydrogens is 458 g/mol. The molecular formula is C27H39N5O2S. The zero-order chi connectivity index (χ0) is 24.7. The maximum atomic E-state index is 12.5. The van der Waals surface area contributed by atoms with Gasteiger partial charge in [-0.2, -0.15) is 11.3 Å². The van der Waals surface area contributed by atoms with Crippen LogP contribution in [0.4, 0.5) is 0 Å². The quantitative estimate of drug-likeness (QED) is 0.622. The molecule has 3 aliphatic heterocycles. The Kier molecular flexibility index (Phi) is 7.04. The molecule has 2 amide bonds. The van der Waals surface area contributed by atoms with Crippen molar-refractivity contribution >= 4 is 23.2 Å². The minimum atomic E-state index is 0.0321. The number of aryl methyl sites for hydroxylation is 1. The molecule has 3 aliphatic rings. The number of thiophene rings is 1. The minimum absolute atomic E-state index is 0.0321. The van der Waals surface area contributed by atoms with Gasteiger partial charge in [0, 0.05) is 56.2 Å². The molecule has 0 saturated carbocycles. The molecule has 190 valence electrons. The fourth-order valence-corrected chi connectivity index (χ4v) is 7.43. The molecule has 7 nitrogen and oxygen atoms in total. The number of carbonyl (C=O) groups excluding carboxylic acids is 2. The van der Waals surface area contributed by atoms with Crippen molar-refractivity contribution in [3.05, 3.63) is 39.6 Å². The molecule has 2 aromatic heterocycles. The average Bonchev–Trinajstić information content (AvgIpc) is 3.51. The second kappa shape index (κ2) is 10.1. The summed E-state index contributed by atoms with van der Waals surface area (Å²) in [6, 6.07) is 3.91. The second-order valence-electron chi connectivity index (χ2n) is 10.9. The van der Waals surface area contributed by atoms with Crippen LogP contribution in [0.15, 0.2) is 16.8 Å². The number of piperidine rings is 1. The smallest absolute Gasteiger partial charge is 0.225 e. The third-order valence-electron chi connectivity index (χ3n) is 8.26. The van der Waals surface area contributed by atoms with Gasteiger partial charge in [-0.05, 0) is 61.4 Å². The molecule has 3 atom stereocenters. The van der Waals surface area contributed by atoms with E-state index in [1.165, 1.54) is 24.1 Å². The van der Waals surface area contributed by atoms with Crippen LogP contribution in [0.3, 0.4) is 0 Å². The van der Waals surface area contributed by atoms with Gasteiger partial charge in [0.05, 0.1) is 18.3 Å². The number of hydrogen-bond acceptors (Lipinski definition) is 5. The Morgan fingerprint density at radius 2 is 1.94 bits per heavy atom. The maximum Gasteiger partial charge on any atom is 0.225 e. The van der Waals surface area contributed by atoms with Gasteiger partial charge in [0.1, 0.15) is 5.82 Å². The highest BCUT2D eigenvalue weighted by Gasteiger charge is 2.42. The third kappa shape index (κ3) is 4.92. The zero-order valence-electron chi connectivity index (χ0n) is 21.5. The average molecular weight is 498 g/mol. The molecule has 2 aromatic rings. The van der Waals surface area contributed by atoms with Crippen LogP contribution in [-0.4, -0.2) is 56.3 Å². The van der Waals surface area contributed by atoms with E-state index >= 15 is 0 Å². The van der Waals surface area contributed by atoms with Crippen molar-refractivity contribution in [2.75, 3.05) is 13.1 Å². The Morgan fingerprint density at radius 1 is 1.20 bits per heavy atom. The van der Waals surface area contributed by atoms with Gasteiger partial charge in [0.2, 0.25) is 11.8 Å². The molecule has 2 saturated heterocycles. The van der Waals surface area contributed by atoms with E-state index in [1.54, 1.807) is 18.3 Å². The lowest BCUT2D eigenvalue weighted by Gasteiger charge is -2.41. The summed E-state index contributed by atoms with van der Waals surface area (Å²) in [4.78, 5) is 34.0. The SMILES string of the molecule is CC(=O)N[C@@H](CCN1C2CCC1CC(n1c(C)nc3c1CCN(C(=O)C(C)C)C3)C2)c1ccsc1. The highest BCUT2D eigenvalue weighted by Crippen LogP contribution is 2.43. The molecule has 2 bridgehead atoms. The minimum Gasteiger partial charge on any atom is -0.349 e. The number of nitrogens with one attached hydrogen (secondary N) is 1. The molecule has 5 heterocycles. The van der Waals surface area contributed by atoms with Gasteiger partial charge < -0.3 is 14.8 Å². The fourth-order valence-electron chi connectivity index (χ4n) is 6.72. The number of imidazole rings is 1. The first-order valence-electron chi connectivity index (χ1n) is 13.2. The summed E-state index contributed by atoms with van der Waals surface area (Å²) in [5.74, 6) is 1.41. The lowest BCUT2D eigenvalue weighted by molar-refractivity contribution is -0.135. The number of aromatic nitrogens is 2. The van der Waals surface area contributed by atoms with Crippen molar-refractivity contribution in [2.24, 2.45) is 5.92 Å². The molecule has 5 rings (SSSR count). The first-order valence-corrected chi connectivity index (χ1v) is 14.2. The van der Waals surface area contributed by atoms with Crippen LogP contribution in [0.5, 0.6) is 0 Å². The Hall–Kier alpha value is -2.19. The summed E-state index contributed by atoms with van der Waals surface area (Å²) in [6.07, 6.45) is 6.71. The van der Waals surface area contributed by atoms with Crippen molar-refractivity contribution in [3.63, 3.8) is 0 Å². The molecule has 0 radical (unpaired) electrons. The molecule has 35 heavy (non-hydrogen) atoms. The summed E-state index contributed by atoms with van der Waals surface area (Å²) in [5, 5.41) is 7.41. The van der Waals surface area contributed by atoms with Crippen LogP contribution in [-0.2, 0) is 22.6 Å². The number of nitrogens with zero attached hydrogens (tertiary/aromatic N) is 4. The van der Waals surface area contributed by atoms with Gasteiger partial charge in [-0.3, -0.25) is 14.5 Å². The van der Waals surface area contributed by atoms with Crippen LogP contribution in [0.1, 0.15) is 87.7 Å². The van der Waals surface area contributed by atoms with Crippen molar-refractivity contribution in [2.45, 2.75) is 96.9 Å². The van der Waals surface area contributed by atoms with E-state index in [2.05, 4.69) is 38.5 Å². The zero-order valence-corrected chi connectivity index (χ0v) is 22.3. The monoisotopic (exact) mass is 497 g/mol. The Labute approximate surface area is 212 Å². The van der Waals surface area contributed by atoms with Crippen LogP contribution in [0.2, 0.25) is 0 Å². The van der Waals surface area contributed by atoms with E-state index in [0.717, 1.165) is 50.3 Å². The van der Waals surface area contributed by atoms with E-state index < -0.39 is 0 Å². The molecule has 0 aromatic carbocycles. The van der Waals surface area contributed by atoms with Crippen LogP contribution in [0, 0.1) is 12.8 Å². The van der Waals surface area contributed by atoms with E-state index in [-0.39, 0.29) is 23.8 Å². The summed E-state index contributed by atoms with van der Waals surface area (Å²) in [7, 11) is 0. The van der Waals surface area contributed by atoms with Gasteiger partial charge in [-0.1, -0.05) is 13.8 Å². The molecule has 0 spiro atoms. The maximum absolute atomic E-state index is 12.5. The summed E-state index contributed by atoms with van der Waals surface area (Å²) in [5.41, 5.74) is 3.68. The first-order chi connectivity index (χ1) is 16.8. The largest absolute Gasteiger partial charge is 0.349 e. The molecule has 0 aliphatic carbocycles. The lowest BCUT2D eigenvalue weighted by atomic mass is 9.95. The molecule has 2 fully saturated rings. The van der Waals surface area contributed by atoms with Gasteiger partial charge in [-0.25, -0.2) is 4.98 Å². The number of rotatable bonds is 7. The second-order valence-corrected chi connectivity index (χ2v) is 11.7. The van der Waals surface area contributed by atoms with Crippen LogP contribution >= 0.6 is 11.3 Å². The van der Waals surface area contributed by atoms with Gasteiger partial charge in [-0.15, -0.1) is 0 Å². The van der Waals surface area contributed by atoms with Crippen LogP contribution < -0.4 is 5.32 Å². The van der Waals surface area contributed by atoms with Crippen molar-refractivity contribution < 1.29 is 9.59 Å². The molecule has 2 unspecified atom stereocenters. The Bertz CT molecular complexity index is 1050. The van der Waals surface area contributed by atoms with E-state index in [1.807, 2.05) is 18.7 Å². The van der Waals surface area contributed by atoms with Gasteiger partial charge >= 0.3 is 0 Å². The normalized spacial score (nSPS) is 25.1. The van der Waals surface area contributed by atoms with Crippen LogP contribution in [0.25, 0.3) is 0 Å². The van der Waals surface area contributed by atoms with Crippen molar-refractivity contribution in [3.8, 4) is 0 Å². The molecule has 8 heteroatoms. The standard InChI is InChI=1S/C27H39N5O2S/c1-17(2)27(34)30-10-8-26-25(15-30)28-18(3)32(26)23-13-21-5-6-22(14-23)31(21)11-7-24(29-19(4)33)20-9-12-35-16-20/h9,12,16-17,21-24H,5-8,10-11,13-15H2,1-4H3,(H,29,33)/t21?,22?,23?,24-/m0/s1. The summed E-state index contributed by atoms with van der Waals surface area (Å²) in [6.45, 7) is 10.2. The summed E-state index contributed by atoms with van der Waals surface area (Å²) < 4.78 is 2.53. The van der Waals surface area contributed by atoms with E-state index in [0.29, 0.717) is 24.7 Å². The molecule has 1 N–H and O–H groups in total. The first kappa shape index (κ1) is 24.5.